The van der Waals surface area contributed by atoms with Crippen LogP contribution in [0.3, 0.4) is 0 Å². The highest BCUT2D eigenvalue weighted by molar-refractivity contribution is 7.71. The average Bonchev–Trinajstić information content (AvgIpc) is 2.99. The molecule has 7 nitrogen and oxygen atoms in total. The molecule has 3 rings (SSSR count). The maximum atomic E-state index is 13.0. The van der Waals surface area contributed by atoms with Gasteiger partial charge in [-0.1, -0.05) is 6.92 Å². The van der Waals surface area contributed by atoms with Crippen LogP contribution in [0.25, 0.3) is 0 Å². The summed E-state index contributed by atoms with van der Waals surface area (Å²) in [4.78, 5) is 12.2. The first kappa shape index (κ1) is 16.4. The molecule has 0 fully saturated rings. The monoisotopic (exact) mass is 356 g/mol. The van der Waals surface area contributed by atoms with Crippen LogP contribution in [0.15, 0.2) is 18.2 Å². The summed E-state index contributed by atoms with van der Waals surface area (Å²) < 4.78 is 36.6. The quantitative estimate of drug-likeness (QED) is 0.805. The van der Waals surface area contributed by atoms with Crippen LogP contribution in [-0.4, -0.2) is 27.0 Å². The number of hydrogen-bond acceptors (Lipinski definition) is 5. The Labute approximate surface area is 140 Å². The number of benzene rings is 1. The highest BCUT2D eigenvalue weighted by Gasteiger charge is 2.43. The van der Waals surface area contributed by atoms with Gasteiger partial charge in [-0.05, 0) is 30.8 Å². The Morgan fingerprint density at radius 2 is 2.17 bits per heavy atom. The number of nitrogens with one attached hydrogen (secondary N) is 2. The highest BCUT2D eigenvalue weighted by atomic mass is 32.1. The van der Waals surface area contributed by atoms with Gasteiger partial charge >= 0.3 is 6.29 Å². The van der Waals surface area contributed by atoms with Crippen LogP contribution in [0.4, 0.5) is 14.5 Å². The lowest BCUT2D eigenvalue weighted by Crippen LogP contribution is -2.25. The minimum Gasteiger partial charge on any atom is -0.395 e. The lowest BCUT2D eigenvalue weighted by molar-refractivity contribution is -0.286. The van der Waals surface area contributed by atoms with Gasteiger partial charge in [0.2, 0.25) is 5.91 Å². The summed E-state index contributed by atoms with van der Waals surface area (Å²) >= 11 is 5.11. The summed E-state index contributed by atoms with van der Waals surface area (Å²) in [6, 6.07) is 4.02. The van der Waals surface area contributed by atoms with Crippen molar-refractivity contribution in [1.29, 1.82) is 0 Å². The third-order valence-corrected chi connectivity index (χ3v) is 3.61. The first-order valence-corrected chi connectivity index (χ1v) is 7.62. The normalized spacial score (nSPS) is 14.6. The van der Waals surface area contributed by atoms with Crippen molar-refractivity contribution in [2.45, 2.75) is 32.6 Å². The van der Waals surface area contributed by atoms with Gasteiger partial charge < -0.3 is 14.8 Å². The van der Waals surface area contributed by atoms with E-state index in [2.05, 4.69) is 25.0 Å². The van der Waals surface area contributed by atoms with Crippen LogP contribution in [0.2, 0.25) is 0 Å². The fourth-order valence-corrected chi connectivity index (χ4v) is 2.51. The van der Waals surface area contributed by atoms with E-state index in [1.165, 1.54) is 18.2 Å². The van der Waals surface area contributed by atoms with Crippen molar-refractivity contribution in [1.82, 2.24) is 14.8 Å². The zero-order chi connectivity index (χ0) is 17.3. The summed E-state index contributed by atoms with van der Waals surface area (Å²) in [5.74, 6) is 0.100. The van der Waals surface area contributed by atoms with E-state index in [1.807, 2.05) is 6.92 Å². The molecule has 2 aromatic rings. The van der Waals surface area contributed by atoms with Gasteiger partial charge in [-0.15, -0.1) is 8.78 Å². The second kappa shape index (κ2) is 6.19. The number of aromatic amines is 1. The number of H-pyrrole nitrogens is 1. The van der Waals surface area contributed by atoms with E-state index < -0.39 is 6.29 Å². The molecule has 0 unspecified atom stereocenters. The standard InChI is InChI=1S/C14H14F2N4O3S/c1-2-3-11-18-19-13(24)20(11)7-12(21)17-8-4-5-9-10(6-8)23-14(15,16)22-9/h4-6H,2-3,7H2,1H3,(H,17,21)(H,19,24). The lowest BCUT2D eigenvalue weighted by Gasteiger charge is -2.08. The van der Waals surface area contributed by atoms with Crippen LogP contribution >= 0.6 is 12.2 Å². The number of carbonyl (C=O) groups is 1. The summed E-state index contributed by atoms with van der Waals surface area (Å²) in [6.45, 7) is 1.96. The van der Waals surface area contributed by atoms with Crippen molar-refractivity contribution >= 4 is 23.8 Å². The van der Waals surface area contributed by atoms with E-state index in [1.54, 1.807) is 4.57 Å². The molecular weight excluding hydrogens is 342 g/mol. The maximum Gasteiger partial charge on any atom is 0.586 e. The molecule has 2 N–H and O–H groups in total. The first-order chi connectivity index (χ1) is 11.4. The summed E-state index contributed by atoms with van der Waals surface area (Å²) in [5, 5.41) is 9.33. The second-order valence-electron chi connectivity index (χ2n) is 5.16. The van der Waals surface area contributed by atoms with Gasteiger partial charge in [0.15, 0.2) is 16.3 Å². The van der Waals surface area contributed by atoms with Crippen LogP contribution in [-0.2, 0) is 17.8 Å². The Morgan fingerprint density at radius 1 is 1.42 bits per heavy atom. The van der Waals surface area contributed by atoms with Gasteiger partial charge in [0, 0.05) is 18.2 Å². The minimum atomic E-state index is -3.69. The smallest absolute Gasteiger partial charge is 0.395 e. The molecule has 0 aliphatic carbocycles. The number of fused-ring (bicyclic) bond motifs is 1. The molecular formula is C14H14F2N4O3S. The zero-order valence-corrected chi connectivity index (χ0v) is 13.5. The largest absolute Gasteiger partial charge is 0.586 e. The number of hydrogen-bond donors (Lipinski definition) is 2. The molecule has 24 heavy (non-hydrogen) atoms. The van der Waals surface area contributed by atoms with Crippen molar-refractivity contribution in [3.63, 3.8) is 0 Å². The van der Waals surface area contributed by atoms with Crippen molar-refractivity contribution in [2.75, 3.05) is 5.32 Å². The van der Waals surface area contributed by atoms with E-state index in [-0.39, 0.29) is 24.0 Å². The molecule has 1 aromatic carbocycles. The Kier molecular flexibility index (Phi) is 4.22. The van der Waals surface area contributed by atoms with E-state index in [4.69, 9.17) is 12.2 Å². The second-order valence-corrected chi connectivity index (χ2v) is 5.55. The molecule has 0 atom stereocenters. The summed E-state index contributed by atoms with van der Waals surface area (Å²) in [6.07, 6.45) is -2.15. The number of aryl methyl sites for hydroxylation is 1. The third-order valence-electron chi connectivity index (χ3n) is 3.30. The molecule has 1 aliphatic heterocycles. The predicted molar refractivity (Wildman–Crippen MR) is 82.7 cm³/mol. The number of amides is 1. The maximum absolute atomic E-state index is 13.0. The fraction of sp³-hybridized carbons (Fsp3) is 0.357. The number of carbonyl (C=O) groups excluding carboxylic acids is 1. The predicted octanol–water partition coefficient (Wildman–Crippen LogP) is 2.85. The molecule has 1 amide bonds. The van der Waals surface area contributed by atoms with E-state index in [0.29, 0.717) is 22.7 Å². The summed E-state index contributed by atoms with van der Waals surface area (Å²) in [7, 11) is 0. The number of anilines is 1. The molecule has 0 bridgehead atoms. The molecule has 0 spiro atoms. The van der Waals surface area contributed by atoms with Crippen molar-refractivity contribution < 1.29 is 23.0 Å². The van der Waals surface area contributed by atoms with Crippen molar-refractivity contribution in [3.05, 3.63) is 28.8 Å². The van der Waals surface area contributed by atoms with Gasteiger partial charge in [-0.3, -0.25) is 14.5 Å². The Morgan fingerprint density at radius 3 is 2.92 bits per heavy atom. The highest BCUT2D eigenvalue weighted by Crippen LogP contribution is 2.42. The van der Waals surface area contributed by atoms with Gasteiger partial charge in [-0.25, -0.2) is 0 Å². The van der Waals surface area contributed by atoms with E-state index >= 15 is 0 Å². The minimum absolute atomic E-state index is 0.0325. The lowest BCUT2D eigenvalue weighted by atomic mass is 10.2. The van der Waals surface area contributed by atoms with Crippen LogP contribution in [0.1, 0.15) is 19.2 Å². The van der Waals surface area contributed by atoms with Crippen LogP contribution < -0.4 is 14.8 Å². The molecule has 0 saturated carbocycles. The van der Waals surface area contributed by atoms with Crippen molar-refractivity contribution in [2.24, 2.45) is 0 Å². The summed E-state index contributed by atoms with van der Waals surface area (Å²) in [5.41, 5.74) is 0.312. The molecule has 10 heteroatoms. The van der Waals surface area contributed by atoms with Gasteiger partial charge in [0.25, 0.3) is 0 Å². The number of alkyl halides is 2. The third kappa shape index (κ3) is 3.37. The van der Waals surface area contributed by atoms with E-state index in [0.717, 1.165) is 6.42 Å². The van der Waals surface area contributed by atoms with E-state index in [9.17, 15) is 13.6 Å². The average molecular weight is 356 g/mol. The van der Waals surface area contributed by atoms with Crippen LogP contribution in [0.5, 0.6) is 11.5 Å². The molecule has 128 valence electrons. The number of ether oxygens (including phenoxy) is 2. The number of rotatable bonds is 5. The molecule has 1 aliphatic rings. The first-order valence-electron chi connectivity index (χ1n) is 7.22. The number of aromatic nitrogens is 3. The molecule has 0 saturated heterocycles. The van der Waals surface area contributed by atoms with Gasteiger partial charge in [-0.2, -0.15) is 5.10 Å². The Balaban J connectivity index is 1.71. The Bertz CT molecular complexity index is 834. The SMILES string of the molecule is CCCc1n[nH]c(=S)n1CC(=O)Nc1ccc2c(c1)OC(F)(F)O2. The molecule has 1 aromatic heterocycles. The number of nitrogens with zero attached hydrogens (tertiary/aromatic N) is 2. The topological polar surface area (TPSA) is 81.2 Å². The fourth-order valence-electron chi connectivity index (χ4n) is 2.30. The van der Waals surface area contributed by atoms with Gasteiger partial charge in [0.1, 0.15) is 12.4 Å². The van der Waals surface area contributed by atoms with Crippen LogP contribution in [0, 0.1) is 4.77 Å². The van der Waals surface area contributed by atoms with Crippen molar-refractivity contribution in [3.8, 4) is 11.5 Å². The molecule has 2 heterocycles. The number of halogens is 2. The van der Waals surface area contributed by atoms with Gasteiger partial charge in [0.05, 0.1) is 0 Å². The Hall–Kier alpha value is -2.49. The molecule has 0 radical (unpaired) electrons. The zero-order valence-electron chi connectivity index (χ0n) is 12.6.